The molecule has 10 heteroatoms. The minimum absolute atomic E-state index is 0.216. The number of rotatable bonds is 5. The van der Waals surface area contributed by atoms with Crippen LogP contribution in [0.15, 0.2) is 63.9 Å². The Hall–Kier alpha value is -3.01. The van der Waals surface area contributed by atoms with E-state index in [0.29, 0.717) is 43.4 Å². The lowest BCUT2D eigenvalue weighted by atomic mass is 10.1. The van der Waals surface area contributed by atoms with Crippen LogP contribution < -0.4 is 5.56 Å². The molecule has 0 aliphatic carbocycles. The van der Waals surface area contributed by atoms with Gasteiger partial charge in [-0.3, -0.25) is 4.79 Å². The summed E-state index contributed by atoms with van der Waals surface area (Å²) in [6, 6.07) is 13.8. The van der Waals surface area contributed by atoms with Gasteiger partial charge in [-0.25, -0.2) is 9.37 Å². The van der Waals surface area contributed by atoms with Crippen molar-refractivity contribution >= 4 is 44.9 Å². The number of aromatic amines is 1. The number of nitrogens with zero attached hydrogens (tertiary/aromatic N) is 4. The molecule has 160 valence electrons. The summed E-state index contributed by atoms with van der Waals surface area (Å²) in [6.45, 7) is 0. The maximum absolute atomic E-state index is 14.1. The predicted octanol–water partition coefficient (Wildman–Crippen LogP) is 5.53. The van der Waals surface area contributed by atoms with E-state index < -0.39 is 0 Å². The van der Waals surface area contributed by atoms with Crippen molar-refractivity contribution in [2.45, 2.75) is 10.9 Å². The number of fused-ring (bicyclic) bond motifs is 1. The van der Waals surface area contributed by atoms with E-state index in [1.807, 2.05) is 23.6 Å². The highest BCUT2D eigenvalue weighted by molar-refractivity contribution is 7.98. The molecule has 0 saturated heterocycles. The summed E-state index contributed by atoms with van der Waals surface area (Å²) in [6.07, 6.45) is 0. The first-order valence-corrected chi connectivity index (χ1v) is 11.8. The third-order valence-corrected chi connectivity index (χ3v) is 7.18. The van der Waals surface area contributed by atoms with Crippen molar-refractivity contribution in [3.05, 3.63) is 80.9 Å². The number of thioether (sulfide) groups is 1. The Bertz CT molecular complexity index is 1510. The Morgan fingerprint density at radius 1 is 1.09 bits per heavy atom. The van der Waals surface area contributed by atoms with E-state index >= 15 is 0 Å². The largest absolute Gasteiger partial charge is 0.309 e. The Morgan fingerprint density at radius 2 is 1.84 bits per heavy atom. The number of aromatic nitrogens is 5. The minimum atomic E-state index is -0.358. The van der Waals surface area contributed by atoms with Gasteiger partial charge in [0.15, 0.2) is 11.0 Å². The van der Waals surface area contributed by atoms with E-state index in [2.05, 4.69) is 20.2 Å². The summed E-state index contributed by atoms with van der Waals surface area (Å²) >= 11 is 9.08. The van der Waals surface area contributed by atoms with Crippen molar-refractivity contribution in [2.75, 3.05) is 0 Å². The number of halogens is 2. The number of hydrogen-bond donors (Lipinski definition) is 1. The van der Waals surface area contributed by atoms with Gasteiger partial charge < -0.3 is 9.55 Å². The van der Waals surface area contributed by atoms with Crippen molar-refractivity contribution in [3.8, 4) is 22.5 Å². The van der Waals surface area contributed by atoms with Gasteiger partial charge in [0.2, 0.25) is 0 Å². The van der Waals surface area contributed by atoms with Gasteiger partial charge in [-0.1, -0.05) is 53.7 Å². The van der Waals surface area contributed by atoms with E-state index in [1.165, 1.54) is 29.2 Å². The Morgan fingerprint density at radius 3 is 2.62 bits per heavy atom. The van der Waals surface area contributed by atoms with E-state index in [9.17, 15) is 9.18 Å². The van der Waals surface area contributed by atoms with E-state index in [1.54, 1.807) is 35.9 Å². The van der Waals surface area contributed by atoms with Crippen LogP contribution in [0.5, 0.6) is 0 Å². The van der Waals surface area contributed by atoms with Crippen LogP contribution in [0, 0.1) is 5.82 Å². The maximum Gasteiger partial charge on any atom is 0.260 e. The Balaban J connectivity index is 1.42. The SMILES string of the molecule is Cn1c(SCc2nc3scc(-c4ccccc4Cl)c3c(=O)[nH]2)nnc1-c1ccccc1F. The second-order valence-corrected chi connectivity index (χ2v) is 9.16. The predicted molar refractivity (Wildman–Crippen MR) is 127 cm³/mol. The van der Waals surface area contributed by atoms with Crippen LogP contribution in [0.3, 0.4) is 0 Å². The molecule has 3 aromatic heterocycles. The third-order valence-electron chi connectivity index (χ3n) is 4.94. The number of nitrogens with one attached hydrogen (secondary N) is 1. The van der Waals surface area contributed by atoms with Gasteiger partial charge in [0.25, 0.3) is 5.56 Å². The van der Waals surface area contributed by atoms with Gasteiger partial charge in [0.1, 0.15) is 16.5 Å². The van der Waals surface area contributed by atoms with Gasteiger partial charge in [0.05, 0.1) is 16.7 Å². The van der Waals surface area contributed by atoms with Crippen LogP contribution in [0.25, 0.3) is 32.7 Å². The minimum Gasteiger partial charge on any atom is -0.309 e. The Labute approximate surface area is 195 Å². The average Bonchev–Trinajstić information content (AvgIpc) is 3.37. The molecule has 0 fully saturated rings. The molecule has 5 aromatic rings. The average molecular weight is 484 g/mol. The van der Waals surface area contributed by atoms with Gasteiger partial charge in [-0.2, -0.15) is 0 Å². The van der Waals surface area contributed by atoms with Gasteiger partial charge in [0, 0.05) is 28.6 Å². The van der Waals surface area contributed by atoms with Crippen molar-refractivity contribution < 1.29 is 4.39 Å². The fourth-order valence-electron chi connectivity index (χ4n) is 3.39. The second-order valence-electron chi connectivity index (χ2n) is 6.96. The molecule has 32 heavy (non-hydrogen) atoms. The number of thiophene rings is 1. The summed E-state index contributed by atoms with van der Waals surface area (Å²) < 4.78 is 15.8. The molecule has 0 aliphatic rings. The molecule has 0 amide bonds. The second kappa shape index (κ2) is 8.50. The monoisotopic (exact) mass is 483 g/mol. The lowest BCUT2D eigenvalue weighted by molar-refractivity contribution is 0.628. The maximum atomic E-state index is 14.1. The molecule has 0 bridgehead atoms. The van der Waals surface area contributed by atoms with Crippen LogP contribution >= 0.6 is 34.7 Å². The highest BCUT2D eigenvalue weighted by atomic mass is 35.5. The molecule has 0 aliphatic heterocycles. The van der Waals surface area contributed by atoms with Crippen LogP contribution in [0.4, 0.5) is 4.39 Å². The molecule has 0 spiro atoms. The smallest absolute Gasteiger partial charge is 0.260 e. The van der Waals surface area contributed by atoms with E-state index in [-0.39, 0.29) is 11.4 Å². The molecule has 1 N–H and O–H groups in total. The van der Waals surface area contributed by atoms with Gasteiger partial charge in [-0.15, -0.1) is 21.5 Å². The number of hydrogen-bond acceptors (Lipinski definition) is 6. The summed E-state index contributed by atoms with van der Waals surface area (Å²) in [5, 5.41) is 11.9. The summed E-state index contributed by atoms with van der Waals surface area (Å²) in [7, 11) is 1.78. The number of benzene rings is 2. The molecular formula is C22H15ClFN5OS2. The Kier molecular flexibility index (Phi) is 5.54. The molecule has 0 unspecified atom stereocenters. The zero-order valence-electron chi connectivity index (χ0n) is 16.7. The van der Waals surface area contributed by atoms with Gasteiger partial charge in [-0.05, 0) is 18.2 Å². The van der Waals surface area contributed by atoms with Crippen molar-refractivity contribution in [3.63, 3.8) is 0 Å². The van der Waals surface area contributed by atoms with Crippen molar-refractivity contribution in [1.82, 2.24) is 24.7 Å². The molecule has 0 atom stereocenters. The summed E-state index contributed by atoms with van der Waals surface area (Å²) in [5.41, 5.74) is 1.74. The lowest BCUT2D eigenvalue weighted by Gasteiger charge is -2.05. The fraction of sp³-hybridized carbons (Fsp3) is 0.0909. The fourth-order valence-corrected chi connectivity index (χ4v) is 5.37. The highest BCUT2D eigenvalue weighted by Gasteiger charge is 2.17. The number of H-pyrrole nitrogens is 1. The quantitative estimate of drug-likeness (QED) is 0.332. The molecule has 0 radical (unpaired) electrons. The van der Waals surface area contributed by atoms with Crippen molar-refractivity contribution in [2.24, 2.45) is 7.05 Å². The standard InChI is InChI=1S/C22H15ClFN5OS2/c1-29-19(13-7-3-5-9-16(13)24)27-28-22(29)32-11-17-25-20(30)18-14(10-31-21(18)26-17)12-6-2-4-8-15(12)23/h2-10H,11H2,1H3,(H,25,26,30). The highest BCUT2D eigenvalue weighted by Crippen LogP contribution is 2.35. The molecule has 5 rings (SSSR count). The molecule has 0 saturated carbocycles. The lowest BCUT2D eigenvalue weighted by Crippen LogP contribution is -2.11. The zero-order chi connectivity index (χ0) is 22.2. The first-order valence-electron chi connectivity index (χ1n) is 9.55. The van der Waals surface area contributed by atoms with Crippen LogP contribution in [-0.4, -0.2) is 24.7 Å². The third kappa shape index (κ3) is 3.72. The summed E-state index contributed by atoms with van der Waals surface area (Å²) in [5.74, 6) is 0.983. The molecular weight excluding hydrogens is 469 g/mol. The van der Waals surface area contributed by atoms with Crippen LogP contribution in [0.2, 0.25) is 5.02 Å². The zero-order valence-corrected chi connectivity index (χ0v) is 19.1. The van der Waals surface area contributed by atoms with Gasteiger partial charge >= 0.3 is 0 Å². The van der Waals surface area contributed by atoms with E-state index in [4.69, 9.17) is 11.6 Å². The van der Waals surface area contributed by atoms with E-state index in [0.717, 1.165) is 11.1 Å². The normalized spacial score (nSPS) is 11.3. The first kappa shape index (κ1) is 20.9. The molecule has 3 heterocycles. The first-order chi connectivity index (χ1) is 15.5. The van der Waals surface area contributed by atoms with Crippen LogP contribution in [0.1, 0.15) is 5.82 Å². The molecule has 2 aromatic carbocycles. The van der Waals surface area contributed by atoms with Crippen molar-refractivity contribution in [1.29, 1.82) is 0 Å². The topological polar surface area (TPSA) is 76.5 Å². The van der Waals surface area contributed by atoms with Crippen LogP contribution in [-0.2, 0) is 12.8 Å². The molecule has 6 nitrogen and oxygen atoms in total. The summed E-state index contributed by atoms with van der Waals surface area (Å²) in [4.78, 5) is 21.0.